The van der Waals surface area contributed by atoms with Gasteiger partial charge in [-0.05, 0) is 35.9 Å². The molecule has 0 atom stereocenters. The van der Waals surface area contributed by atoms with Crippen LogP contribution in [0.4, 0.5) is 8.78 Å². The van der Waals surface area contributed by atoms with E-state index in [1.54, 1.807) is 6.92 Å². The molecule has 0 fully saturated rings. The lowest BCUT2D eigenvalue weighted by Crippen LogP contribution is -2.36. The van der Waals surface area contributed by atoms with Crippen molar-refractivity contribution in [3.05, 3.63) is 15.9 Å². The van der Waals surface area contributed by atoms with E-state index in [1.807, 2.05) is 0 Å². The molecule has 5 nitrogen and oxygen atoms in total. The van der Waals surface area contributed by atoms with Crippen LogP contribution in [0.5, 0.6) is 0 Å². The minimum atomic E-state index is -2.66. The second-order valence-corrected chi connectivity index (χ2v) is 5.41. The van der Waals surface area contributed by atoms with E-state index in [0.29, 0.717) is 12.2 Å². The van der Waals surface area contributed by atoms with Crippen LogP contribution in [0.1, 0.15) is 31.7 Å². The first-order valence-electron chi connectivity index (χ1n) is 6.90. The van der Waals surface area contributed by atoms with Crippen molar-refractivity contribution in [1.29, 1.82) is 0 Å². The maximum absolute atomic E-state index is 12.7. The molecule has 120 valence electrons. The van der Waals surface area contributed by atoms with Gasteiger partial charge in [-0.1, -0.05) is 13.8 Å². The van der Waals surface area contributed by atoms with Crippen LogP contribution in [0.25, 0.3) is 0 Å². The van der Waals surface area contributed by atoms with Crippen molar-refractivity contribution in [2.75, 3.05) is 26.2 Å². The molecule has 0 aliphatic carbocycles. The van der Waals surface area contributed by atoms with Gasteiger partial charge in [0.1, 0.15) is 12.2 Å². The molecule has 21 heavy (non-hydrogen) atoms. The van der Waals surface area contributed by atoms with Crippen LogP contribution >= 0.6 is 15.9 Å². The lowest BCUT2D eigenvalue weighted by molar-refractivity contribution is -0.121. The topological polar surface area (TPSA) is 50.2 Å². The first-order chi connectivity index (χ1) is 9.90. The van der Waals surface area contributed by atoms with Crippen molar-refractivity contribution in [3.63, 3.8) is 0 Å². The fourth-order valence-corrected chi connectivity index (χ4v) is 2.38. The van der Waals surface area contributed by atoms with E-state index < -0.39 is 6.43 Å². The number of carbonyl (C=O) groups excluding carboxylic acids is 1. The SMILES string of the molecule is CCN(CC)CCNC(=O)Cn1nc(C(F)F)c(Br)c1C. The highest BCUT2D eigenvalue weighted by Gasteiger charge is 2.21. The van der Waals surface area contributed by atoms with Gasteiger partial charge >= 0.3 is 0 Å². The highest BCUT2D eigenvalue weighted by molar-refractivity contribution is 9.10. The van der Waals surface area contributed by atoms with Crippen LogP contribution in [0, 0.1) is 6.92 Å². The third-order valence-corrected chi connectivity index (χ3v) is 4.28. The van der Waals surface area contributed by atoms with E-state index in [9.17, 15) is 13.6 Å². The molecule has 0 aliphatic rings. The van der Waals surface area contributed by atoms with Crippen molar-refractivity contribution < 1.29 is 13.6 Å². The lowest BCUT2D eigenvalue weighted by Gasteiger charge is -2.18. The van der Waals surface area contributed by atoms with Gasteiger partial charge in [0.25, 0.3) is 6.43 Å². The van der Waals surface area contributed by atoms with E-state index in [1.165, 1.54) is 4.68 Å². The molecule has 0 saturated heterocycles. The Morgan fingerprint density at radius 1 is 1.43 bits per heavy atom. The van der Waals surface area contributed by atoms with Gasteiger partial charge in [-0.3, -0.25) is 9.48 Å². The van der Waals surface area contributed by atoms with Crippen LogP contribution in [-0.4, -0.2) is 46.8 Å². The van der Waals surface area contributed by atoms with Crippen LogP contribution in [0.2, 0.25) is 0 Å². The van der Waals surface area contributed by atoms with Gasteiger partial charge in [0.15, 0.2) is 0 Å². The number of alkyl halides is 2. The summed E-state index contributed by atoms with van der Waals surface area (Å²) in [7, 11) is 0. The zero-order valence-corrected chi connectivity index (χ0v) is 14.1. The maximum Gasteiger partial charge on any atom is 0.283 e. The minimum Gasteiger partial charge on any atom is -0.353 e. The number of likely N-dealkylation sites (N-methyl/N-ethyl adjacent to an activating group) is 1. The van der Waals surface area contributed by atoms with Gasteiger partial charge in [-0.2, -0.15) is 5.10 Å². The van der Waals surface area contributed by atoms with Crippen LogP contribution in [0.3, 0.4) is 0 Å². The van der Waals surface area contributed by atoms with Crippen molar-refractivity contribution in [2.24, 2.45) is 0 Å². The van der Waals surface area contributed by atoms with Crippen LogP contribution in [0.15, 0.2) is 4.47 Å². The van der Waals surface area contributed by atoms with Gasteiger partial charge in [-0.25, -0.2) is 8.78 Å². The first-order valence-corrected chi connectivity index (χ1v) is 7.69. The molecule has 1 aromatic rings. The monoisotopic (exact) mass is 366 g/mol. The molecule has 1 N–H and O–H groups in total. The third-order valence-electron chi connectivity index (χ3n) is 3.30. The summed E-state index contributed by atoms with van der Waals surface area (Å²) in [6.07, 6.45) is -2.66. The number of rotatable bonds is 8. The van der Waals surface area contributed by atoms with Crippen molar-refractivity contribution in [1.82, 2.24) is 20.0 Å². The predicted molar refractivity (Wildman–Crippen MR) is 80.4 cm³/mol. The van der Waals surface area contributed by atoms with E-state index in [0.717, 1.165) is 19.6 Å². The van der Waals surface area contributed by atoms with Gasteiger partial charge < -0.3 is 10.2 Å². The summed E-state index contributed by atoms with van der Waals surface area (Å²) in [4.78, 5) is 14.0. The summed E-state index contributed by atoms with van der Waals surface area (Å²) in [5.74, 6) is -0.235. The van der Waals surface area contributed by atoms with Gasteiger partial charge in [0.05, 0.1) is 10.2 Å². The van der Waals surface area contributed by atoms with Crippen LogP contribution < -0.4 is 5.32 Å². The summed E-state index contributed by atoms with van der Waals surface area (Å²) >= 11 is 3.08. The highest BCUT2D eigenvalue weighted by Crippen LogP contribution is 2.28. The second-order valence-electron chi connectivity index (χ2n) is 4.62. The fraction of sp³-hybridized carbons (Fsp3) is 0.692. The fourth-order valence-electron chi connectivity index (χ4n) is 1.93. The zero-order chi connectivity index (χ0) is 16.0. The molecule has 0 radical (unpaired) electrons. The molecule has 0 unspecified atom stereocenters. The Morgan fingerprint density at radius 2 is 2.05 bits per heavy atom. The number of nitrogens with one attached hydrogen (secondary N) is 1. The van der Waals surface area contributed by atoms with Gasteiger partial charge in [-0.15, -0.1) is 0 Å². The van der Waals surface area contributed by atoms with E-state index in [2.05, 4.69) is 45.1 Å². The van der Waals surface area contributed by atoms with E-state index >= 15 is 0 Å². The first kappa shape index (κ1) is 18.0. The number of amides is 1. The van der Waals surface area contributed by atoms with Gasteiger partial charge in [0, 0.05) is 13.1 Å². The predicted octanol–water partition coefficient (Wildman–Crippen LogP) is 2.35. The van der Waals surface area contributed by atoms with E-state index in [-0.39, 0.29) is 22.6 Å². The number of nitrogens with zero attached hydrogens (tertiary/aromatic N) is 3. The Morgan fingerprint density at radius 3 is 2.52 bits per heavy atom. The standard InChI is InChI=1S/C13H21BrF2N4O/c1-4-19(5-2)7-6-17-10(21)8-20-9(3)11(14)12(18-20)13(15)16/h13H,4-8H2,1-3H3,(H,17,21). The Balaban J connectivity index is 2.54. The molecule has 0 aliphatic heterocycles. The molecule has 8 heteroatoms. The van der Waals surface area contributed by atoms with Gasteiger partial charge in [0.2, 0.25) is 5.91 Å². The smallest absolute Gasteiger partial charge is 0.283 e. The lowest BCUT2D eigenvalue weighted by atomic mass is 10.4. The molecule has 0 spiro atoms. The van der Waals surface area contributed by atoms with Crippen LogP contribution in [-0.2, 0) is 11.3 Å². The Bertz CT molecular complexity index is 475. The molecule has 1 amide bonds. The van der Waals surface area contributed by atoms with Crippen molar-refractivity contribution >= 4 is 21.8 Å². The number of hydrogen-bond acceptors (Lipinski definition) is 3. The summed E-state index contributed by atoms with van der Waals surface area (Å²) in [6.45, 7) is 8.85. The van der Waals surface area contributed by atoms with Crippen molar-refractivity contribution in [3.8, 4) is 0 Å². The van der Waals surface area contributed by atoms with Crippen molar-refractivity contribution in [2.45, 2.75) is 33.7 Å². The molecule has 1 aromatic heterocycles. The summed E-state index contributed by atoms with van der Waals surface area (Å²) in [5, 5.41) is 6.54. The molecule has 1 heterocycles. The Labute approximate surface area is 131 Å². The number of halogens is 3. The normalized spacial score (nSPS) is 11.4. The highest BCUT2D eigenvalue weighted by atomic mass is 79.9. The molecule has 0 bridgehead atoms. The summed E-state index contributed by atoms with van der Waals surface area (Å²) in [5.41, 5.74) is 0.188. The average Bonchev–Trinajstić information content (AvgIpc) is 2.72. The quantitative estimate of drug-likeness (QED) is 0.768. The molecular formula is C13H21BrF2N4O. The summed E-state index contributed by atoms with van der Waals surface area (Å²) in [6, 6.07) is 0. The molecule has 0 saturated carbocycles. The van der Waals surface area contributed by atoms with E-state index in [4.69, 9.17) is 0 Å². The Hall–Kier alpha value is -1.02. The second kappa shape index (κ2) is 8.43. The minimum absolute atomic E-state index is 0.0601. The summed E-state index contributed by atoms with van der Waals surface area (Å²) < 4.78 is 27.0. The number of carbonyl (C=O) groups is 1. The average molecular weight is 367 g/mol. The molecule has 0 aromatic carbocycles. The molecule has 1 rings (SSSR count). The third kappa shape index (κ3) is 5.03. The largest absolute Gasteiger partial charge is 0.353 e. The zero-order valence-electron chi connectivity index (χ0n) is 12.5. The Kier molecular flexibility index (Phi) is 7.24. The number of hydrogen-bond donors (Lipinski definition) is 1. The number of aromatic nitrogens is 2. The molecular weight excluding hydrogens is 346 g/mol. The maximum atomic E-state index is 12.7.